The second-order valence-corrected chi connectivity index (χ2v) is 7.81. The Kier molecular flexibility index (Phi) is 5.82. The van der Waals surface area contributed by atoms with Crippen molar-refractivity contribution in [2.75, 3.05) is 20.0 Å². The van der Waals surface area contributed by atoms with Crippen LogP contribution in [0.3, 0.4) is 0 Å². The van der Waals surface area contributed by atoms with Crippen molar-refractivity contribution < 1.29 is 13.2 Å². The van der Waals surface area contributed by atoms with Crippen molar-refractivity contribution in [1.82, 2.24) is 0 Å². The van der Waals surface area contributed by atoms with Gasteiger partial charge in [-0.15, -0.1) is 0 Å². The van der Waals surface area contributed by atoms with Crippen molar-refractivity contribution >= 4 is 25.8 Å². The summed E-state index contributed by atoms with van der Waals surface area (Å²) in [5.74, 6) is 0. The van der Waals surface area contributed by atoms with Crippen LogP contribution in [0.2, 0.25) is 0 Å². The van der Waals surface area contributed by atoms with Crippen LogP contribution < -0.4 is 0 Å². The molecule has 0 heterocycles. The third kappa shape index (κ3) is 4.37. The first-order valence-corrected chi connectivity index (χ1v) is 8.64. The van der Waals surface area contributed by atoms with Gasteiger partial charge in [0, 0.05) is 13.4 Å². The number of alkyl halides is 1. The van der Waals surface area contributed by atoms with E-state index < -0.39 is 15.1 Å². The van der Waals surface area contributed by atoms with Crippen LogP contribution in [0, 0.1) is 0 Å². The molecular formula is C13H19BrO3S. The van der Waals surface area contributed by atoms with Crippen LogP contribution in [0.4, 0.5) is 0 Å². The van der Waals surface area contributed by atoms with Crippen LogP contribution in [0.15, 0.2) is 24.3 Å². The SMILES string of the molecule is COCCc1ccc(C(Br)C(C)S(C)(=O)=O)cc1. The van der Waals surface area contributed by atoms with Crippen LogP contribution in [0.1, 0.15) is 22.9 Å². The van der Waals surface area contributed by atoms with E-state index in [0.29, 0.717) is 6.61 Å². The Morgan fingerprint density at radius 3 is 2.28 bits per heavy atom. The number of ether oxygens (including phenoxy) is 1. The Morgan fingerprint density at radius 2 is 1.83 bits per heavy atom. The van der Waals surface area contributed by atoms with Crippen molar-refractivity contribution in [2.24, 2.45) is 0 Å². The topological polar surface area (TPSA) is 43.4 Å². The van der Waals surface area contributed by atoms with Crippen molar-refractivity contribution in [3.8, 4) is 0 Å². The molecule has 0 fully saturated rings. The molecule has 0 saturated heterocycles. The summed E-state index contributed by atoms with van der Waals surface area (Å²) in [7, 11) is -1.36. The van der Waals surface area contributed by atoms with Crippen LogP contribution in [0.5, 0.6) is 0 Å². The molecule has 2 atom stereocenters. The van der Waals surface area contributed by atoms with Gasteiger partial charge in [-0.3, -0.25) is 0 Å². The highest BCUT2D eigenvalue weighted by Crippen LogP contribution is 2.30. The van der Waals surface area contributed by atoms with Gasteiger partial charge in [0.25, 0.3) is 0 Å². The zero-order valence-corrected chi connectivity index (χ0v) is 13.3. The lowest BCUT2D eigenvalue weighted by Crippen LogP contribution is -2.20. The molecule has 3 nitrogen and oxygen atoms in total. The van der Waals surface area contributed by atoms with E-state index in [4.69, 9.17) is 4.74 Å². The van der Waals surface area contributed by atoms with E-state index in [1.54, 1.807) is 14.0 Å². The molecule has 0 bridgehead atoms. The van der Waals surface area contributed by atoms with Gasteiger partial charge in [-0.1, -0.05) is 40.2 Å². The fourth-order valence-corrected chi connectivity index (χ4v) is 3.65. The minimum atomic E-state index is -3.04. The lowest BCUT2D eigenvalue weighted by Gasteiger charge is -2.17. The molecule has 2 unspecified atom stereocenters. The first-order valence-electron chi connectivity index (χ1n) is 5.77. The van der Waals surface area contributed by atoms with E-state index in [-0.39, 0.29) is 4.83 Å². The van der Waals surface area contributed by atoms with Crippen molar-refractivity contribution in [1.29, 1.82) is 0 Å². The molecule has 0 saturated carbocycles. The summed E-state index contributed by atoms with van der Waals surface area (Å²) in [6, 6.07) is 7.95. The zero-order chi connectivity index (χ0) is 13.8. The van der Waals surface area contributed by atoms with Crippen molar-refractivity contribution in [3.05, 3.63) is 35.4 Å². The Hall–Kier alpha value is -0.390. The molecule has 0 aromatic heterocycles. The summed E-state index contributed by atoms with van der Waals surface area (Å²) in [4.78, 5) is -0.177. The molecule has 18 heavy (non-hydrogen) atoms. The zero-order valence-electron chi connectivity index (χ0n) is 10.9. The number of hydrogen-bond donors (Lipinski definition) is 0. The van der Waals surface area contributed by atoms with E-state index in [2.05, 4.69) is 15.9 Å². The maximum Gasteiger partial charge on any atom is 0.151 e. The van der Waals surface area contributed by atoms with Crippen LogP contribution in [-0.4, -0.2) is 33.6 Å². The molecular weight excluding hydrogens is 316 g/mol. The minimum Gasteiger partial charge on any atom is -0.384 e. The Bertz CT molecular complexity index is 468. The highest BCUT2D eigenvalue weighted by molar-refractivity contribution is 9.09. The first-order chi connectivity index (χ1) is 8.36. The van der Waals surface area contributed by atoms with Crippen LogP contribution in [-0.2, 0) is 21.0 Å². The first kappa shape index (κ1) is 15.7. The van der Waals surface area contributed by atoms with Gasteiger partial charge >= 0.3 is 0 Å². The maximum absolute atomic E-state index is 11.5. The summed E-state index contributed by atoms with van der Waals surface area (Å²) in [5, 5.41) is -0.442. The van der Waals surface area contributed by atoms with Crippen molar-refractivity contribution in [3.63, 3.8) is 0 Å². The molecule has 0 radical (unpaired) electrons. The lowest BCUT2D eigenvalue weighted by molar-refractivity contribution is 0.202. The molecule has 1 rings (SSSR count). The van der Waals surface area contributed by atoms with E-state index in [9.17, 15) is 8.42 Å². The summed E-state index contributed by atoms with van der Waals surface area (Å²) >= 11 is 3.46. The number of benzene rings is 1. The Balaban J connectivity index is 2.79. The average Bonchev–Trinajstić information content (AvgIpc) is 2.34. The number of methoxy groups -OCH3 is 1. The predicted octanol–water partition coefficient (Wildman–Crippen LogP) is 2.74. The monoisotopic (exact) mass is 334 g/mol. The molecule has 1 aromatic carbocycles. The van der Waals surface area contributed by atoms with Gasteiger partial charge in [0.1, 0.15) is 0 Å². The van der Waals surface area contributed by atoms with E-state index in [1.165, 1.54) is 11.8 Å². The Labute approximate surface area is 118 Å². The fourth-order valence-electron chi connectivity index (χ4n) is 1.58. The lowest BCUT2D eigenvalue weighted by atomic mass is 10.1. The van der Waals surface area contributed by atoms with Crippen molar-refractivity contribution in [2.45, 2.75) is 23.4 Å². The van der Waals surface area contributed by atoms with Gasteiger partial charge in [-0.2, -0.15) is 0 Å². The molecule has 102 valence electrons. The standard InChI is InChI=1S/C13H19BrO3S/c1-10(18(3,15)16)13(14)12-6-4-11(5-7-12)8-9-17-2/h4-7,10,13H,8-9H2,1-3H3. The molecule has 1 aromatic rings. The molecule has 0 aliphatic heterocycles. The Morgan fingerprint density at radius 1 is 1.28 bits per heavy atom. The highest BCUT2D eigenvalue weighted by atomic mass is 79.9. The molecule has 0 N–H and O–H groups in total. The third-order valence-electron chi connectivity index (χ3n) is 2.98. The second kappa shape index (κ2) is 6.68. The van der Waals surface area contributed by atoms with Gasteiger partial charge in [-0.05, 0) is 24.5 Å². The van der Waals surface area contributed by atoms with E-state index in [1.807, 2.05) is 24.3 Å². The molecule has 0 spiro atoms. The molecule has 5 heteroatoms. The van der Waals surface area contributed by atoms with Gasteiger partial charge in [0.2, 0.25) is 0 Å². The third-order valence-corrected chi connectivity index (χ3v) is 6.27. The van der Waals surface area contributed by atoms with E-state index in [0.717, 1.165) is 12.0 Å². The summed E-state index contributed by atoms with van der Waals surface area (Å²) in [5.41, 5.74) is 2.17. The normalized spacial score (nSPS) is 15.3. The summed E-state index contributed by atoms with van der Waals surface area (Å²) in [6.45, 7) is 2.41. The quantitative estimate of drug-likeness (QED) is 0.751. The average molecular weight is 335 g/mol. The van der Waals surface area contributed by atoms with Gasteiger partial charge < -0.3 is 4.74 Å². The van der Waals surface area contributed by atoms with E-state index >= 15 is 0 Å². The second-order valence-electron chi connectivity index (χ2n) is 4.42. The number of rotatable bonds is 6. The molecule has 0 aliphatic carbocycles. The number of halogens is 1. The number of sulfone groups is 1. The summed E-state index contributed by atoms with van der Waals surface area (Å²) < 4.78 is 28.0. The maximum atomic E-state index is 11.5. The molecule has 0 amide bonds. The fraction of sp³-hybridized carbons (Fsp3) is 0.538. The van der Waals surface area contributed by atoms with Gasteiger partial charge in [0.05, 0.1) is 16.7 Å². The van der Waals surface area contributed by atoms with Gasteiger partial charge in [0.15, 0.2) is 9.84 Å². The smallest absolute Gasteiger partial charge is 0.151 e. The largest absolute Gasteiger partial charge is 0.384 e. The number of hydrogen-bond acceptors (Lipinski definition) is 3. The molecule has 0 aliphatic rings. The van der Waals surface area contributed by atoms with Crippen LogP contribution in [0.25, 0.3) is 0 Å². The highest BCUT2D eigenvalue weighted by Gasteiger charge is 2.24. The minimum absolute atomic E-state index is 0.177. The predicted molar refractivity (Wildman–Crippen MR) is 78.0 cm³/mol. The van der Waals surface area contributed by atoms with Crippen LogP contribution >= 0.6 is 15.9 Å². The summed E-state index contributed by atoms with van der Waals surface area (Å²) in [6.07, 6.45) is 2.13. The van der Waals surface area contributed by atoms with Gasteiger partial charge in [-0.25, -0.2) is 8.42 Å².